The molecule has 0 unspecified atom stereocenters. The van der Waals surface area contributed by atoms with Crippen LogP contribution in [-0.4, -0.2) is 25.7 Å². The molecule has 0 N–H and O–H groups in total. The average Bonchev–Trinajstić information content (AvgIpc) is 2.74. The van der Waals surface area contributed by atoms with Crippen molar-refractivity contribution in [3.8, 4) is 22.6 Å². The number of rotatable bonds is 7. The van der Waals surface area contributed by atoms with Gasteiger partial charge < -0.3 is 14.2 Å². The number of methoxy groups -OCH3 is 1. The van der Waals surface area contributed by atoms with Crippen molar-refractivity contribution in [1.29, 1.82) is 0 Å². The highest BCUT2D eigenvalue weighted by molar-refractivity contribution is 5.76. The monoisotopic (exact) mass is 376 g/mol. The van der Waals surface area contributed by atoms with Gasteiger partial charge in [-0.2, -0.15) is 0 Å². The predicted octanol–water partition coefficient (Wildman–Crippen LogP) is 4.05. The molecule has 142 valence electrons. The van der Waals surface area contributed by atoms with Gasteiger partial charge in [0, 0.05) is 5.56 Å². The maximum absolute atomic E-state index is 12.1. The fraction of sp³-hybridized carbons (Fsp3) is 0.130. The normalized spacial score (nSPS) is 10.2. The minimum absolute atomic E-state index is 0.171. The molecule has 28 heavy (non-hydrogen) atoms. The fourth-order valence-corrected chi connectivity index (χ4v) is 2.66. The Labute approximate surface area is 163 Å². The lowest BCUT2D eigenvalue weighted by molar-refractivity contribution is -0.140. The van der Waals surface area contributed by atoms with Gasteiger partial charge in [-0.1, -0.05) is 60.7 Å². The quantitative estimate of drug-likeness (QED) is 0.460. The summed E-state index contributed by atoms with van der Waals surface area (Å²) in [5, 5.41) is 0. The highest BCUT2D eigenvalue weighted by Gasteiger charge is 2.10. The summed E-state index contributed by atoms with van der Waals surface area (Å²) in [5.41, 5.74) is 2.69. The van der Waals surface area contributed by atoms with E-state index >= 15 is 0 Å². The van der Waals surface area contributed by atoms with Crippen LogP contribution < -0.4 is 9.47 Å². The number of ether oxygens (including phenoxy) is 3. The molecule has 0 aromatic heterocycles. The van der Waals surface area contributed by atoms with E-state index in [1.807, 2.05) is 54.6 Å². The van der Waals surface area contributed by atoms with Gasteiger partial charge in [-0.15, -0.1) is 0 Å². The van der Waals surface area contributed by atoms with Crippen LogP contribution in [-0.2, 0) is 20.7 Å². The van der Waals surface area contributed by atoms with Crippen molar-refractivity contribution < 1.29 is 23.8 Å². The Kier molecular flexibility index (Phi) is 6.41. The van der Waals surface area contributed by atoms with Crippen LogP contribution in [0, 0.1) is 0 Å². The molecule has 0 fully saturated rings. The molecule has 3 aromatic carbocycles. The van der Waals surface area contributed by atoms with Gasteiger partial charge in [-0.05, 0) is 29.3 Å². The smallest absolute Gasteiger partial charge is 0.349 e. The molecular weight excluding hydrogens is 356 g/mol. The van der Waals surface area contributed by atoms with E-state index in [-0.39, 0.29) is 19.0 Å². The zero-order valence-corrected chi connectivity index (χ0v) is 15.5. The first-order valence-electron chi connectivity index (χ1n) is 8.79. The molecule has 0 heterocycles. The SMILES string of the molecule is COC(=O)Cc1ccc(OC(=O)COc2ccccc2-c2ccccc2)cc1. The topological polar surface area (TPSA) is 61.8 Å². The Bertz CT molecular complexity index is 933. The van der Waals surface area contributed by atoms with Crippen LogP contribution in [0.25, 0.3) is 11.1 Å². The van der Waals surface area contributed by atoms with Gasteiger partial charge in [0.1, 0.15) is 11.5 Å². The van der Waals surface area contributed by atoms with Gasteiger partial charge in [0.15, 0.2) is 6.61 Å². The average molecular weight is 376 g/mol. The zero-order valence-electron chi connectivity index (χ0n) is 15.5. The van der Waals surface area contributed by atoms with Gasteiger partial charge in [0.05, 0.1) is 13.5 Å². The van der Waals surface area contributed by atoms with Crippen molar-refractivity contribution in [1.82, 2.24) is 0 Å². The molecule has 0 bridgehead atoms. The van der Waals surface area contributed by atoms with Crippen LogP contribution in [0.4, 0.5) is 0 Å². The molecule has 0 amide bonds. The first kappa shape index (κ1) is 19.2. The summed E-state index contributed by atoms with van der Waals surface area (Å²) in [4.78, 5) is 23.4. The van der Waals surface area contributed by atoms with E-state index in [9.17, 15) is 9.59 Å². The maximum Gasteiger partial charge on any atom is 0.349 e. The summed E-state index contributed by atoms with van der Waals surface area (Å²) in [6.07, 6.45) is 0.171. The molecule has 0 aliphatic heterocycles. The van der Waals surface area contributed by atoms with Crippen molar-refractivity contribution in [2.75, 3.05) is 13.7 Å². The Balaban J connectivity index is 1.59. The highest BCUT2D eigenvalue weighted by atomic mass is 16.6. The lowest BCUT2D eigenvalue weighted by atomic mass is 10.1. The van der Waals surface area contributed by atoms with E-state index in [1.54, 1.807) is 24.3 Å². The van der Waals surface area contributed by atoms with E-state index < -0.39 is 5.97 Å². The molecular formula is C23H20O5. The number of carbonyl (C=O) groups excluding carboxylic acids is 2. The molecule has 0 aliphatic carbocycles. The van der Waals surface area contributed by atoms with Gasteiger partial charge in [-0.3, -0.25) is 4.79 Å². The number of esters is 2. The third-order valence-corrected chi connectivity index (χ3v) is 4.05. The molecule has 3 aromatic rings. The number of carbonyl (C=O) groups is 2. The third kappa shape index (κ3) is 5.20. The van der Waals surface area contributed by atoms with Crippen molar-refractivity contribution in [3.05, 3.63) is 84.4 Å². The van der Waals surface area contributed by atoms with Gasteiger partial charge in [0.2, 0.25) is 0 Å². The Morgan fingerprint density at radius 2 is 1.46 bits per heavy atom. The van der Waals surface area contributed by atoms with Crippen molar-refractivity contribution in [3.63, 3.8) is 0 Å². The van der Waals surface area contributed by atoms with Gasteiger partial charge in [-0.25, -0.2) is 4.79 Å². The first-order valence-corrected chi connectivity index (χ1v) is 8.79. The second-order valence-electron chi connectivity index (χ2n) is 6.02. The first-order chi connectivity index (χ1) is 13.7. The molecule has 0 saturated carbocycles. The molecule has 0 spiro atoms. The Morgan fingerprint density at radius 1 is 0.786 bits per heavy atom. The van der Waals surface area contributed by atoms with E-state index in [0.717, 1.165) is 16.7 Å². The van der Waals surface area contributed by atoms with E-state index in [1.165, 1.54) is 7.11 Å². The largest absolute Gasteiger partial charge is 0.481 e. The fourth-order valence-electron chi connectivity index (χ4n) is 2.66. The molecule has 3 rings (SSSR count). The summed E-state index contributed by atoms with van der Waals surface area (Å²) in [7, 11) is 1.34. The molecule has 0 aliphatic rings. The lowest BCUT2D eigenvalue weighted by Gasteiger charge is -2.11. The molecule has 0 radical (unpaired) electrons. The van der Waals surface area contributed by atoms with E-state index in [0.29, 0.717) is 11.5 Å². The molecule has 0 saturated heterocycles. The van der Waals surface area contributed by atoms with Gasteiger partial charge >= 0.3 is 11.9 Å². The highest BCUT2D eigenvalue weighted by Crippen LogP contribution is 2.29. The third-order valence-electron chi connectivity index (χ3n) is 4.05. The van der Waals surface area contributed by atoms with Crippen LogP contribution >= 0.6 is 0 Å². The Hall–Kier alpha value is -3.60. The zero-order chi connectivity index (χ0) is 19.8. The van der Waals surface area contributed by atoms with E-state index in [2.05, 4.69) is 4.74 Å². The van der Waals surface area contributed by atoms with Crippen LogP contribution in [0.2, 0.25) is 0 Å². The van der Waals surface area contributed by atoms with Crippen molar-refractivity contribution in [2.45, 2.75) is 6.42 Å². The molecule has 5 heteroatoms. The summed E-state index contributed by atoms with van der Waals surface area (Å²) in [5.74, 6) is 0.163. The second kappa shape index (κ2) is 9.37. The summed E-state index contributed by atoms with van der Waals surface area (Å²) >= 11 is 0. The molecule has 0 atom stereocenters. The summed E-state index contributed by atoms with van der Waals surface area (Å²) < 4.78 is 15.6. The van der Waals surface area contributed by atoms with E-state index in [4.69, 9.17) is 9.47 Å². The maximum atomic E-state index is 12.1. The standard InChI is InChI=1S/C23H20O5/c1-26-22(24)15-17-11-13-19(14-12-17)28-23(25)16-27-21-10-6-5-9-20(21)18-7-3-2-4-8-18/h2-14H,15-16H2,1H3. The van der Waals surface area contributed by atoms with Crippen LogP contribution in [0.1, 0.15) is 5.56 Å². The number of hydrogen-bond donors (Lipinski definition) is 0. The Morgan fingerprint density at radius 3 is 2.18 bits per heavy atom. The number of benzene rings is 3. The summed E-state index contributed by atoms with van der Waals surface area (Å²) in [6.45, 7) is -0.215. The number of hydrogen-bond acceptors (Lipinski definition) is 5. The number of para-hydroxylation sites is 1. The van der Waals surface area contributed by atoms with Crippen LogP contribution in [0.5, 0.6) is 11.5 Å². The molecule has 5 nitrogen and oxygen atoms in total. The second-order valence-corrected chi connectivity index (χ2v) is 6.02. The van der Waals surface area contributed by atoms with Gasteiger partial charge in [0.25, 0.3) is 0 Å². The lowest BCUT2D eigenvalue weighted by Crippen LogP contribution is -2.18. The van der Waals surface area contributed by atoms with Crippen LogP contribution in [0.3, 0.4) is 0 Å². The van der Waals surface area contributed by atoms with Crippen molar-refractivity contribution in [2.24, 2.45) is 0 Å². The predicted molar refractivity (Wildman–Crippen MR) is 105 cm³/mol. The minimum Gasteiger partial charge on any atom is -0.481 e. The van der Waals surface area contributed by atoms with Crippen molar-refractivity contribution >= 4 is 11.9 Å². The summed E-state index contributed by atoms with van der Waals surface area (Å²) in [6, 6.07) is 24.0. The van der Waals surface area contributed by atoms with Crippen LogP contribution in [0.15, 0.2) is 78.9 Å². The minimum atomic E-state index is -0.511.